The van der Waals surface area contributed by atoms with E-state index in [4.69, 9.17) is 5.11 Å². The third kappa shape index (κ3) is 3.01. The minimum atomic E-state index is -0.820. The van der Waals surface area contributed by atoms with Crippen LogP contribution in [0.3, 0.4) is 0 Å². The summed E-state index contributed by atoms with van der Waals surface area (Å²) in [5.74, 6) is -1.09. The van der Waals surface area contributed by atoms with Crippen LogP contribution in [0.4, 0.5) is 4.39 Å². The Balaban J connectivity index is 2.05. The molecule has 0 aliphatic carbocycles. The van der Waals surface area contributed by atoms with E-state index in [1.54, 1.807) is 12.1 Å². The molecular formula is C12H15FN2O2. The Bertz CT molecular complexity index is 394. The molecule has 1 atom stereocenters. The van der Waals surface area contributed by atoms with E-state index in [9.17, 15) is 9.18 Å². The van der Waals surface area contributed by atoms with Gasteiger partial charge < -0.3 is 10.4 Å². The highest BCUT2D eigenvalue weighted by atomic mass is 19.1. The fraction of sp³-hybridized carbons (Fsp3) is 0.417. The second kappa shape index (κ2) is 5.25. The van der Waals surface area contributed by atoms with Gasteiger partial charge in [-0.15, -0.1) is 0 Å². The minimum Gasteiger partial charge on any atom is -0.480 e. The molecule has 1 heterocycles. The lowest BCUT2D eigenvalue weighted by Gasteiger charge is -2.33. The summed E-state index contributed by atoms with van der Waals surface area (Å²) < 4.78 is 12.8. The maximum Gasteiger partial charge on any atom is 0.322 e. The fourth-order valence-electron chi connectivity index (χ4n) is 2.00. The predicted molar refractivity (Wildman–Crippen MR) is 61.1 cm³/mol. The topological polar surface area (TPSA) is 52.6 Å². The zero-order valence-corrected chi connectivity index (χ0v) is 9.40. The van der Waals surface area contributed by atoms with Crippen LogP contribution in [0.15, 0.2) is 24.3 Å². The highest BCUT2D eigenvalue weighted by molar-refractivity contribution is 5.74. The van der Waals surface area contributed by atoms with Gasteiger partial charge in [0.25, 0.3) is 0 Å². The van der Waals surface area contributed by atoms with E-state index in [2.05, 4.69) is 5.32 Å². The van der Waals surface area contributed by atoms with Gasteiger partial charge in [0.1, 0.15) is 11.9 Å². The number of benzene rings is 1. The lowest BCUT2D eigenvalue weighted by molar-refractivity contribution is -0.144. The smallest absolute Gasteiger partial charge is 0.322 e. The monoisotopic (exact) mass is 238 g/mol. The summed E-state index contributed by atoms with van der Waals surface area (Å²) >= 11 is 0. The van der Waals surface area contributed by atoms with Crippen LogP contribution < -0.4 is 5.32 Å². The highest BCUT2D eigenvalue weighted by Gasteiger charge is 2.27. The fourth-order valence-corrected chi connectivity index (χ4v) is 2.00. The van der Waals surface area contributed by atoms with Crippen molar-refractivity contribution in [2.24, 2.45) is 0 Å². The first-order chi connectivity index (χ1) is 8.16. The number of carboxylic acids is 1. The van der Waals surface area contributed by atoms with E-state index < -0.39 is 12.0 Å². The van der Waals surface area contributed by atoms with Gasteiger partial charge in [-0.3, -0.25) is 9.69 Å². The molecule has 1 aliphatic rings. The van der Waals surface area contributed by atoms with Crippen LogP contribution >= 0.6 is 0 Å². The summed E-state index contributed by atoms with van der Waals surface area (Å²) in [5.41, 5.74) is 0.930. The number of carbonyl (C=O) groups is 1. The summed E-state index contributed by atoms with van der Waals surface area (Å²) in [7, 11) is 0. The van der Waals surface area contributed by atoms with Crippen LogP contribution in [0.25, 0.3) is 0 Å². The normalized spacial score (nSPS) is 21.4. The molecule has 1 fully saturated rings. The summed E-state index contributed by atoms with van der Waals surface area (Å²) in [5, 5.41) is 12.1. The van der Waals surface area contributed by atoms with Gasteiger partial charge in [0, 0.05) is 26.2 Å². The molecule has 0 bridgehead atoms. The molecular weight excluding hydrogens is 223 g/mol. The molecule has 1 saturated heterocycles. The molecule has 0 radical (unpaired) electrons. The molecule has 2 rings (SSSR count). The Labute approximate surface area is 99.0 Å². The Morgan fingerprint density at radius 1 is 1.47 bits per heavy atom. The molecule has 0 unspecified atom stereocenters. The van der Waals surface area contributed by atoms with Crippen molar-refractivity contribution in [3.63, 3.8) is 0 Å². The largest absolute Gasteiger partial charge is 0.480 e. The molecule has 5 heteroatoms. The van der Waals surface area contributed by atoms with Crippen LogP contribution in [0.5, 0.6) is 0 Å². The molecule has 4 nitrogen and oxygen atoms in total. The Hall–Kier alpha value is -1.46. The molecule has 17 heavy (non-hydrogen) atoms. The van der Waals surface area contributed by atoms with E-state index in [-0.39, 0.29) is 5.82 Å². The summed E-state index contributed by atoms with van der Waals surface area (Å²) in [4.78, 5) is 13.0. The van der Waals surface area contributed by atoms with Crippen molar-refractivity contribution < 1.29 is 14.3 Å². The van der Waals surface area contributed by atoms with Crippen LogP contribution in [-0.2, 0) is 11.3 Å². The predicted octanol–water partition coefficient (Wildman–Crippen LogP) is 0.684. The SMILES string of the molecule is O=C(O)[C@H]1CNCCN1Cc1ccc(F)cc1. The van der Waals surface area contributed by atoms with E-state index in [1.165, 1.54) is 12.1 Å². The number of hydrogen-bond donors (Lipinski definition) is 2. The van der Waals surface area contributed by atoms with Crippen LogP contribution in [-0.4, -0.2) is 41.7 Å². The van der Waals surface area contributed by atoms with Gasteiger partial charge in [0.05, 0.1) is 0 Å². The summed E-state index contributed by atoms with van der Waals surface area (Å²) in [6, 6.07) is 5.67. The average Bonchev–Trinajstić information content (AvgIpc) is 2.32. The van der Waals surface area contributed by atoms with E-state index in [1.807, 2.05) is 4.90 Å². The number of piperazine rings is 1. The first kappa shape index (κ1) is 12.0. The molecule has 1 aromatic rings. The lowest BCUT2D eigenvalue weighted by Crippen LogP contribution is -2.54. The zero-order chi connectivity index (χ0) is 12.3. The van der Waals surface area contributed by atoms with Crippen LogP contribution in [0.1, 0.15) is 5.56 Å². The van der Waals surface area contributed by atoms with Gasteiger partial charge >= 0.3 is 5.97 Å². The number of nitrogens with one attached hydrogen (secondary N) is 1. The molecule has 2 N–H and O–H groups in total. The third-order valence-corrected chi connectivity index (χ3v) is 2.94. The maximum atomic E-state index is 12.8. The number of nitrogens with zero attached hydrogens (tertiary/aromatic N) is 1. The minimum absolute atomic E-state index is 0.274. The molecule has 0 spiro atoms. The Morgan fingerprint density at radius 2 is 2.18 bits per heavy atom. The van der Waals surface area contributed by atoms with Crippen molar-refractivity contribution in [2.45, 2.75) is 12.6 Å². The number of hydrogen-bond acceptors (Lipinski definition) is 3. The van der Waals surface area contributed by atoms with Gasteiger partial charge in [-0.05, 0) is 17.7 Å². The zero-order valence-electron chi connectivity index (χ0n) is 9.40. The van der Waals surface area contributed by atoms with E-state index in [0.29, 0.717) is 19.6 Å². The second-order valence-corrected chi connectivity index (χ2v) is 4.16. The number of rotatable bonds is 3. The Kier molecular flexibility index (Phi) is 3.71. The maximum absolute atomic E-state index is 12.8. The van der Waals surface area contributed by atoms with Crippen molar-refractivity contribution in [3.8, 4) is 0 Å². The van der Waals surface area contributed by atoms with E-state index >= 15 is 0 Å². The van der Waals surface area contributed by atoms with Crippen molar-refractivity contribution >= 4 is 5.97 Å². The molecule has 0 aromatic heterocycles. The average molecular weight is 238 g/mol. The molecule has 1 aliphatic heterocycles. The number of halogens is 1. The second-order valence-electron chi connectivity index (χ2n) is 4.16. The van der Waals surface area contributed by atoms with Crippen LogP contribution in [0, 0.1) is 5.82 Å². The molecule has 0 saturated carbocycles. The standard InChI is InChI=1S/C12H15FN2O2/c13-10-3-1-9(2-4-10)8-15-6-5-14-7-11(15)12(16)17/h1-4,11,14H,5-8H2,(H,16,17)/t11-/m1/s1. The van der Waals surface area contributed by atoms with E-state index in [0.717, 1.165) is 12.1 Å². The Morgan fingerprint density at radius 3 is 2.82 bits per heavy atom. The third-order valence-electron chi connectivity index (χ3n) is 2.94. The molecule has 92 valence electrons. The first-order valence-corrected chi connectivity index (χ1v) is 5.59. The van der Waals surface area contributed by atoms with Crippen LogP contribution in [0.2, 0.25) is 0 Å². The molecule has 1 aromatic carbocycles. The summed E-state index contributed by atoms with van der Waals surface area (Å²) in [6.45, 7) is 2.47. The number of aliphatic carboxylic acids is 1. The number of carboxylic acid groups (broad SMARTS) is 1. The summed E-state index contributed by atoms with van der Waals surface area (Å²) in [6.07, 6.45) is 0. The van der Waals surface area contributed by atoms with Gasteiger partial charge in [-0.2, -0.15) is 0 Å². The van der Waals surface area contributed by atoms with Crippen molar-refractivity contribution in [1.29, 1.82) is 0 Å². The van der Waals surface area contributed by atoms with Crippen molar-refractivity contribution in [1.82, 2.24) is 10.2 Å². The van der Waals surface area contributed by atoms with Crippen molar-refractivity contribution in [2.75, 3.05) is 19.6 Å². The highest BCUT2D eigenvalue weighted by Crippen LogP contribution is 2.11. The van der Waals surface area contributed by atoms with Gasteiger partial charge in [0.2, 0.25) is 0 Å². The van der Waals surface area contributed by atoms with Gasteiger partial charge in [0.15, 0.2) is 0 Å². The van der Waals surface area contributed by atoms with Gasteiger partial charge in [-0.1, -0.05) is 12.1 Å². The quantitative estimate of drug-likeness (QED) is 0.813. The molecule has 0 amide bonds. The first-order valence-electron chi connectivity index (χ1n) is 5.59. The van der Waals surface area contributed by atoms with Crippen molar-refractivity contribution in [3.05, 3.63) is 35.6 Å². The lowest BCUT2D eigenvalue weighted by atomic mass is 10.1. The van der Waals surface area contributed by atoms with Gasteiger partial charge in [-0.25, -0.2) is 4.39 Å².